The highest BCUT2D eigenvalue weighted by atomic mass is 16.6. The van der Waals surface area contributed by atoms with Crippen LogP contribution in [0, 0.1) is 10.1 Å². The van der Waals surface area contributed by atoms with Gasteiger partial charge in [-0.2, -0.15) is 0 Å². The van der Waals surface area contributed by atoms with E-state index in [9.17, 15) is 14.9 Å². The standard InChI is InChI=1S/C24H30N4O5/c1-32-23-17-21(7-8-22(23)28(30)31)25-11-9-20(10-12-25)26-13-15-27(16-14-26)24(29)33-18-19-5-3-2-4-6-19/h2-8,17,20H,9-16,18H2,1H3. The van der Waals surface area contributed by atoms with Crippen molar-refractivity contribution in [1.29, 1.82) is 0 Å². The van der Waals surface area contributed by atoms with Crippen LogP contribution < -0.4 is 9.64 Å². The number of hydrogen-bond acceptors (Lipinski definition) is 7. The molecule has 0 spiro atoms. The number of carbonyl (C=O) groups excluding carboxylic acids is 1. The Morgan fingerprint density at radius 3 is 2.36 bits per heavy atom. The fourth-order valence-corrected chi connectivity index (χ4v) is 4.58. The molecule has 2 fully saturated rings. The van der Waals surface area contributed by atoms with E-state index in [4.69, 9.17) is 9.47 Å². The fraction of sp³-hybridized carbons (Fsp3) is 0.458. The zero-order chi connectivity index (χ0) is 23.2. The minimum Gasteiger partial charge on any atom is -0.490 e. The summed E-state index contributed by atoms with van der Waals surface area (Å²) in [4.78, 5) is 29.6. The van der Waals surface area contributed by atoms with Gasteiger partial charge in [0, 0.05) is 63.1 Å². The molecule has 4 rings (SSSR count). The number of piperazine rings is 1. The average molecular weight is 455 g/mol. The van der Waals surface area contributed by atoms with E-state index in [-0.39, 0.29) is 17.5 Å². The third kappa shape index (κ3) is 5.54. The molecule has 9 heteroatoms. The van der Waals surface area contributed by atoms with Crippen LogP contribution in [0.1, 0.15) is 18.4 Å². The molecular formula is C24H30N4O5. The quantitative estimate of drug-likeness (QED) is 0.487. The molecule has 0 aliphatic carbocycles. The second-order valence-electron chi connectivity index (χ2n) is 8.39. The second kappa shape index (κ2) is 10.5. The molecule has 1 amide bonds. The Balaban J connectivity index is 1.23. The number of hydrogen-bond donors (Lipinski definition) is 0. The molecule has 2 aliphatic rings. The Hall–Kier alpha value is -3.33. The first-order valence-corrected chi connectivity index (χ1v) is 11.3. The summed E-state index contributed by atoms with van der Waals surface area (Å²) in [6.45, 7) is 5.09. The van der Waals surface area contributed by atoms with Crippen LogP contribution in [0.5, 0.6) is 5.75 Å². The molecule has 0 N–H and O–H groups in total. The number of benzene rings is 2. The number of rotatable bonds is 6. The fourth-order valence-electron chi connectivity index (χ4n) is 4.58. The van der Waals surface area contributed by atoms with E-state index in [0.29, 0.717) is 25.7 Å². The van der Waals surface area contributed by atoms with Crippen LogP contribution in [0.3, 0.4) is 0 Å². The van der Waals surface area contributed by atoms with Gasteiger partial charge in [-0.1, -0.05) is 30.3 Å². The van der Waals surface area contributed by atoms with Crippen LogP contribution in [-0.2, 0) is 11.3 Å². The van der Waals surface area contributed by atoms with Crippen molar-refractivity contribution in [2.75, 3.05) is 51.3 Å². The predicted octanol–water partition coefficient (Wildman–Crippen LogP) is 3.53. The van der Waals surface area contributed by atoms with Gasteiger partial charge in [-0.15, -0.1) is 0 Å². The van der Waals surface area contributed by atoms with Gasteiger partial charge in [-0.05, 0) is 24.5 Å². The summed E-state index contributed by atoms with van der Waals surface area (Å²) in [6.07, 6.45) is 1.77. The summed E-state index contributed by atoms with van der Waals surface area (Å²) in [7, 11) is 1.45. The number of nitrogens with zero attached hydrogens (tertiary/aromatic N) is 4. The Morgan fingerprint density at radius 2 is 1.73 bits per heavy atom. The Morgan fingerprint density at radius 1 is 1.03 bits per heavy atom. The molecule has 33 heavy (non-hydrogen) atoms. The average Bonchev–Trinajstić information content (AvgIpc) is 2.87. The molecule has 0 saturated carbocycles. The van der Waals surface area contributed by atoms with Gasteiger partial charge in [0.05, 0.1) is 12.0 Å². The monoisotopic (exact) mass is 454 g/mol. The van der Waals surface area contributed by atoms with Crippen LogP contribution in [0.25, 0.3) is 0 Å². The largest absolute Gasteiger partial charge is 0.490 e. The van der Waals surface area contributed by atoms with Gasteiger partial charge in [0.25, 0.3) is 0 Å². The van der Waals surface area contributed by atoms with Gasteiger partial charge < -0.3 is 19.3 Å². The third-order valence-electron chi connectivity index (χ3n) is 6.48. The number of amides is 1. The van der Waals surface area contributed by atoms with Crippen LogP contribution in [0.15, 0.2) is 48.5 Å². The molecule has 2 saturated heterocycles. The van der Waals surface area contributed by atoms with Gasteiger partial charge in [-0.3, -0.25) is 15.0 Å². The lowest BCUT2D eigenvalue weighted by Crippen LogP contribution is -2.54. The van der Waals surface area contributed by atoms with E-state index >= 15 is 0 Å². The van der Waals surface area contributed by atoms with Crippen molar-refractivity contribution in [2.24, 2.45) is 0 Å². The predicted molar refractivity (Wildman–Crippen MR) is 125 cm³/mol. The Kier molecular flexibility index (Phi) is 7.29. The molecule has 2 heterocycles. The molecule has 0 bridgehead atoms. The van der Waals surface area contributed by atoms with Crippen molar-refractivity contribution in [2.45, 2.75) is 25.5 Å². The summed E-state index contributed by atoms with van der Waals surface area (Å²) in [5.74, 6) is 0.287. The highest BCUT2D eigenvalue weighted by Gasteiger charge is 2.30. The SMILES string of the molecule is COc1cc(N2CCC(N3CCN(C(=O)OCc4ccccc4)CC3)CC2)ccc1[N+](=O)[O-]. The van der Waals surface area contributed by atoms with Crippen LogP contribution in [0.4, 0.5) is 16.2 Å². The Labute approximate surface area is 193 Å². The summed E-state index contributed by atoms with van der Waals surface area (Å²) < 4.78 is 10.7. The molecule has 0 atom stereocenters. The molecule has 2 aromatic rings. The number of methoxy groups -OCH3 is 1. The third-order valence-corrected chi connectivity index (χ3v) is 6.48. The van der Waals surface area contributed by atoms with Gasteiger partial charge in [0.2, 0.25) is 0 Å². The van der Waals surface area contributed by atoms with Crippen molar-refractivity contribution >= 4 is 17.5 Å². The summed E-state index contributed by atoms with van der Waals surface area (Å²) in [6, 6.07) is 15.2. The van der Waals surface area contributed by atoms with Crippen molar-refractivity contribution in [3.05, 3.63) is 64.2 Å². The highest BCUT2D eigenvalue weighted by Crippen LogP contribution is 2.33. The second-order valence-corrected chi connectivity index (χ2v) is 8.39. The normalized spacial score (nSPS) is 17.6. The molecule has 0 unspecified atom stereocenters. The minimum absolute atomic E-state index is 0.0173. The lowest BCUT2D eigenvalue weighted by Gasteiger charge is -2.43. The van der Waals surface area contributed by atoms with Crippen molar-refractivity contribution < 1.29 is 19.2 Å². The van der Waals surface area contributed by atoms with E-state index in [1.54, 1.807) is 17.0 Å². The molecule has 2 aliphatic heterocycles. The van der Waals surface area contributed by atoms with Gasteiger partial charge in [0.15, 0.2) is 5.75 Å². The van der Waals surface area contributed by atoms with E-state index in [2.05, 4.69) is 9.80 Å². The molecule has 0 aromatic heterocycles. The van der Waals surface area contributed by atoms with Crippen molar-refractivity contribution in [3.63, 3.8) is 0 Å². The first kappa shape index (κ1) is 22.8. The Bertz CT molecular complexity index is 955. The lowest BCUT2D eigenvalue weighted by molar-refractivity contribution is -0.385. The molecule has 176 valence electrons. The lowest BCUT2D eigenvalue weighted by atomic mass is 10.0. The number of ether oxygens (including phenoxy) is 2. The maximum absolute atomic E-state index is 12.4. The smallest absolute Gasteiger partial charge is 0.410 e. The summed E-state index contributed by atoms with van der Waals surface area (Å²) >= 11 is 0. The van der Waals surface area contributed by atoms with Gasteiger partial charge in [0.1, 0.15) is 6.61 Å². The highest BCUT2D eigenvalue weighted by molar-refractivity contribution is 5.67. The van der Waals surface area contributed by atoms with Crippen LogP contribution >= 0.6 is 0 Å². The van der Waals surface area contributed by atoms with Crippen molar-refractivity contribution in [3.8, 4) is 5.75 Å². The van der Waals surface area contributed by atoms with E-state index in [1.807, 2.05) is 30.3 Å². The zero-order valence-electron chi connectivity index (χ0n) is 18.9. The maximum atomic E-state index is 12.4. The molecule has 9 nitrogen and oxygen atoms in total. The number of piperidine rings is 1. The number of nitro groups is 1. The van der Waals surface area contributed by atoms with Crippen molar-refractivity contribution in [1.82, 2.24) is 9.80 Å². The van der Waals surface area contributed by atoms with Crippen LogP contribution in [0.2, 0.25) is 0 Å². The molecular weight excluding hydrogens is 424 g/mol. The first-order valence-electron chi connectivity index (χ1n) is 11.3. The van der Waals surface area contributed by atoms with E-state index in [1.165, 1.54) is 13.2 Å². The van der Waals surface area contributed by atoms with E-state index < -0.39 is 4.92 Å². The minimum atomic E-state index is -0.425. The zero-order valence-corrected chi connectivity index (χ0v) is 18.9. The summed E-state index contributed by atoms with van der Waals surface area (Å²) in [5.41, 5.74) is 1.92. The van der Waals surface area contributed by atoms with E-state index in [0.717, 1.165) is 50.3 Å². The summed E-state index contributed by atoms with van der Waals surface area (Å²) in [5, 5.41) is 11.1. The van der Waals surface area contributed by atoms with Gasteiger partial charge in [-0.25, -0.2) is 4.79 Å². The maximum Gasteiger partial charge on any atom is 0.410 e. The van der Waals surface area contributed by atoms with Gasteiger partial charge >= 0.3 is 11.8 Å². The number of carbonyl (C=O) groups is 1. The first-order chi connectivity index (χ1) is 16.0. The number of nitro benzene ring substituents is 1. The molecule has 2 aromatic carbocycles. The number of anilines is 1. The molecule has 0 radical (unpaired) electrons. The van der Waals surface area contributed by atoms with Crippen LogP contribution in [-0.4, -0.2) is 73.2 Å². The topological polar surface area (TPSA) is 88.4 Å².